The first kappa shape index (κ1) is 28.1. The van der Waals surface area contributed by atoms with Crippen LogP contribution in [0.3, 0.4) is 0 Å². The molecule has 5 rings (SSSR count). The van der Waals surface area contributed by atoms with Crippen LogP contribution in [0.1, 0.15) is 39.7 Å². The molecule has 3 heterocycles. The highest BCUT2D eigenvalue weighted by atomic mass is 32.1. The molecule has 214 valence electrons. The lowest BCUT2D eigenvalue weighted by Crippen LogP contribution is -2.44. The number of aryl methyl sites for hydroxylation is 4. The van der Waals surface area contributed by atoms with Crippen molar-refractivity contribution in [2.45, 2.75) is 47.2 Å². The van der Waals surface area contributed by atoms with E-state index >= 15 is 0 Å². The van der Waals surface area contributed by atoms with Gasteiger partial charge >= 0.3 is 5.69 Å². The number of amides is 1. The van der Waals surface area contributed by atoms with Crippen molar-refractivity contribution in [1.82, 2.24) is 23.2 Å². The number of hydrogen-bond donors (Lipinski definition) is 2. The molecular weight excluding hydrogens is 542 g/mol. The fourth-order valence-electron chi connectivity index (χ4n) is 5.26. The molecule has 1 aliphatic rings. The van der Waals surface area contributed by atoms with Gasteiger partial charge < -0.3 is 20.5 Å². The van der Waals surface area contributed by atoms with Crippen molar-refractivity contribution in [1.29, 1.82) is 0 Å². The number of hydrogen-bond acceptors (Lipinski definition) is 9. The molecule has 0 atom stereocenters. The van der Waals surface area contributed by atoms with Gasteiger partial charge in [0.15, 0.2) is 23.0 Å². The van der Waals surface area contributed by atoms with Crippen LogP contribution in [0.5, 0.6) is 11.5 Å². The summed E-state index contributed by atoms with van der Waals surface area (Å²) in [6.45, 7) is 9.38. The molecule has 0 saturated heterocycles. The molecule has 0 fully saturated rings. The fourth-order valence-corrected chi connectivity index (χ4v) is 5.73. The number of nitrogen functional groups attached to an aromatic ring is 1. The van der Waals surface area contributed by atoms with Crippen molar-refractivity contribution in [3.8, 4) is 22.8 Å². The van der Waals surface area contributed by atoms with Gasteiger partial charge in [0, 0.05) is 31.3 Å². The number of anilines is 1. The second-order valence-electron chi connectivity index (χ2n) is 9.93. The Labute approximate surface area is 241 Å². The Balaban J connectivity index is 1.63. The maximum Gasteiger partial charge on any atom is 0.330 e. The van der Waals surface area contributed by atoms with Crippen LogP contribution in [0.25, 0.3) is 11.3 Å². The minimum absolute atomic E-state index is 0.0787. The number of rotatable bonds is 8. The normalized spacial score (nSPS) is 12.6. The van der Waals surface area contributed by atoms with Gasteiger partial charge in [0.25, 0.3) is 5.91 Å². The number of carbonyl (C=O) groups excluding carboxylic acids is 1. The molecule has 1 amide bonds. The van der Waals surface area contributed by atoms with E-state index < -0.39 is 5.91 Å². The van der Waals surface area contributed by atoms with Gasteiger partial charge in [-0.15, -0.1) is 0 Å². The van der Waals surface area contributed by atoms with Gasteiger partial charge in [-0.05, 0) is 62.9 Å². The van der Waals surface area contributed by atoms with Crippen LogP contribution >= 0.6 is 11.7 Å². The Kier molecular flexibility index (Phi) is 7.93. The topological polar surface area (TPSA) is 139 Å². The van der Waals surface area contributed by atoms with E-state index in [0.29, 0.717) is 36.6 Å². The maximum absolute atomic E-state index is 14.0. The van der Waals surface area contributed by atoms with Gasteiger partial charge in [0.05, 0.1) is 36.8 Å². The van der Waals surface area contributed by atoms with E-state index in [4.69, 9.17) is 20.2 Å². The van der Waals surface area contributed by atoms with Gasteiger partial charge in [-0.2, -0.15) is 8.75 Å². The van der Waals surface area contributed by atoms with Crippen LogP contribution < -0.4 is 31.7 Å². The van der Waals surface area contributed by atoms with Crippen molar-refractivity contribution in [2.75, 3.05) is 26.0 Å². The summed E-state index contributed by atoms with van der Waals surface area (Å²) in [4.78, 5) is 31.6. The molecule has 0 aliphatic carbocycles. The number of fused-ring (bicyclic) bond motifs is 3. The van der Waals surface area contributed by atoms with Gasteiger partial charge in [0.2, 0.25) is 0 Å². The van der Waals surface area contributed by atoms with E-state index in [1.807, 2.05) is 45.9 Å². The van der Waals surface area contributed by atoms with Gasteiger partial charge in [0.1, 0.15) is 5.49 Å². The number of nitrogens with one attached hydrogen (secondary N) is 1. The first-order valence-corrected chi connectivity index (χ1v) is 14.1. The number of nitrogens with two attached hydrogens (primary N) is 1. The molecular formula is C29H33N7O4S. The van der Waals surface area contributed by atoms with Crippen molar-refractivity contribution >= 4 is 29.1 Å². The SMILES string of the molecule is CCOc1cc2c(cc1OC)-c1cc(=Nc3c(C)cc(C)cc3C)n(CCNC(=O)c3nsnc3N)c(=O)n1CC2. The molecule has 41 heavy (non-hydrogen) atoms. The quantitative estimate of drug-likeness (QED) is 0.329. The number of ether oxygens (including phenoxy) is 2. The third kappa shape index (κ3) is 5.47. The van der Waals surface area contributed by atoms with Crippen molar-refractivity contribution < 1.29 is 14.3 Å². The molecule has 11 nitrogen and oxygen atoms in total. The van der Waals surface area contributed by atoms with Crippen molar-refractivity contribution in [3.63, 3.8) is 0 Å². The molecule has 0 saturated carbocycles. The minimum Gasteiger partial charge on any atom is -0.493 e. The number of benzene rings is 2. The van der Waals surface area contributed by atoms with Crippen LogP contribution in [-0.2, 0) is 19.5 Å². The van der Waals surface area contributed by atoms with E-state index in [-0.39, 0.29) is 30.3 Å². The zero-order chi connectivity index (χ0) is 29.3. The van der Waals surface area contributed by atoms with Crippen molar-refractivity contribution in [3.05, 3.63) is 74.3 Å². The predicted octanol–water partition coefficient (Wildman–Crippen LogP) is 3.30. The maximum atomic E-state index is 14.0. The first-order valence-electron chi connectivity index (χ1n) is 13.4. The monoisotopic (exact) mass is 575 g/mol. The zero-order valence-corrected chi connectivity index (χ0v) is 24.6. The number of carbonyl (C=O) groups is 1. The standard InChI is InChI=1S/C29H33N7O4S/c1-6-40-23-13-19-7-9-35-21(20(19)14-22(23)39-5)15-24(32-25-17(3)11-16(2)12-18(25)4)36(29(35)38)10-8-31-28(37)26-27(30)34-41-33-26/h11-15H,6-10H2,1-5H3,(H2,30,34)(H,31,37). The summed E-state index contributed by atoms with van der Waals surface area (Å²) in [5, 5.41) is 2.80. The van der Waals surface area contributed by atoms with Crippen LogP contribution in [0.4, 0.5) is 11.5 Å². The lowest BCUT2D eigenvalue weighted by atomic mass is 9.97. The molecule has 1 aliphatic heterocycles. The number of nitrogens with zero attached hydrogens (tertiary/aromatic N) is 5. The fraction of sp³-hybridized carbons (Fsp3) is 0.345. The highest BCUT2D eigenvalue weighted by Gasteiger charge is 2.23. The van der Waals surface area contributed by atoms with E-state index in [1.165, 1.54) is 0 Å². The Morgan fingerprint density at radius 3 is 2.54 bits per heavy atom. The lowest BCUT2D eigenvalue weighted by Gasteiger charge is -2.25. The first-order chi connectivity index (χ1) is 19.7. The van der Waals surface area contributed by atoms with Gasteiger partial charge in [-0.1, -0.05) is 17.7 Å². The molecule has 0 spiro atoms. The van der Waals surface area contributed by atoms with E-state index in [1.54, 1.807) is 16.2 Å². The van der Waals surface area contributed by atoms with Crippen molar-refractivity contribution in [2.24, 2.45) is 4.99 Å². The highest BCUT2D eigenvalue weighted by molar-refractivity contribution is 6.99. The lowest BCUT2D eigenvalue weighted by molar-refractivity contribution is 0.0949. The Hall–Kier alpha value is -4.45. The summed E-state index contributed by atoms with van der Waals surface area (Å²) in [7, 11) is 1.60. The van der Waals surface area contributed by atoms with Crippen LogP contribution in [0.15, 0.2) is 40.1 Å². The number of aromatic nitrogens is 4. The molecule has 4 aromatic rings. The average molecular weight is 576 g/mol. The van der Waals surface area contributed by atoms with Gasteiger partial charge in [-0.3, -0.25) is 13.9 Å². The van der Waals surface area contributed by atoms with E-state index in [9.17, 15) is 9.59 Å². The molecule has 12 heteroatoms. The molecule has 2 aromatic heterocycles. The number of methoxy groups -OCH3 is 1. The summed E-state index contributed by atoms with van der Waals surface area (Å²) >= 11 is 0.874. The molecule has 0 unspecified atom stereocenters. The Bertz CT molecular complexity index is 1750. The van der Waals surface area contributed by atoms with E-state index in [0.717, 1.165) is 50.9 Å². The second-order valence-corrected chi connectivity index (χ2v) is 10.5. The summed E-state index contributed by atoms with van der Waals surface area (Å²) in [6.07, 6.45) is 0.659. The summed E-state index contributed by atoms with van der Waals surface area (Å²) < 4.78 is 22.6. The summed E-state index contributed by atoms with van der Waals surface area (Å²) in [5.41, 5.74) is 12.8. The highest BCUT2D eigenvalue weighted by Crippen LogP contribution is 2.37. The third-order valence-corrected chi connectivity index (χ3v) is 7.62. The second kappa shape index (κ2) is 11.6. The van der Waals surface area contributed by atoms with Gasteiger partial charge in [-0.25, -0.2) is 9.79 Å². The summed E-state index contributed by atoms with van der Waals surface area (Å²) in [5.74, 6) is 0.921. The molecule has 3 N–H and O–H groups in total. The minimum atomic E-state index is -0.440. The predicted molar refractivity (Wildman–Crippen MR) is 158 cm³/mol. The zero-order valence-electron chi connectivity index (χ0n) is 23.8. The Morgan fingerprint density at radius 2 is 1.88 bits per heavy atom. The molecule has 2 aromatic carbocycles. The Morgan fingerprint density at radius 1 is 1.12 bits per heavy atom. The average Bonchev–Trinajstić information content (AvgIpc) is 3.37. The molecule has 0 radical (unpaired) electrons. The summed E-state index contributed by atoms with van der Waals surface area (Å²) in [6, 6.07) is 9.99. The smallest absolute Gasteiger partial charge is 0.330 e. The van der Waals surface area contributed by atoms with Crippen LogP contribution in [0, 0.1) is 20.8 Å². The van der Waals surface area contributed by atoms with E-state index in [2.05, 4.69) is 26.2 Å². The van der Waals surface area contributed by atoms with Crippen LogP contribution in [0.2, 0.25) is 0 Å². The largest absolute Gasteiger partial charge is 0.493 e. The van der Waals surface area contributed by atoms with Crippen LogP contribution in [-0.4, -0.2) is 44.0 Å². The third-order valence-electron chi connectivity index (χ3n) is 7.08. The molecule has 0 bridgehead atoms.